The predicted octanol–water partition coefficient (Wildman–Crippen LogP) is 2.32. The number of nitrogens with one attached hydrogen (secondary N) is 2. The van der Waals surface area contributed by atoms with Crippen molar-refractivity contribution in [1.82, 2.24) is 15.5 Å². The molecule has 0 aromatic carbocycles. The minimum Gasteiger partial charge on any atom is -0.459 e. The molecule has 3 fully saturated rings. The first-order valence-electron chi connectivity index (χ1n) is 21.1. The van der Waals surface area contributed by atoms with Crippen molar-refractivity contribution in [1.29, 1.82) is 0 Å². The Morgan fingerprint density at radius 3 is 2.12 bits per heavy atom. The van der Waals surface area contributed by atoms with Crippen molar-refractivity contribution in [3.05, 3.63) is 0 Å². The lowest BCUT2D eigenvalue weighted by atomic mass is 9.75. The van der Waals surface area contributed by atoms with Crippen molar-refractivity contribution in [3.8, 4) is 0 Å². The van der Waals surface area contributed by atoms with Crippen LogP contribution in [0.4, 0.5) is 0 Å². The van der Waals surface area contributed by atoms with E-state index < -0.39 is 95.5 Å². The molecule has 0 spiro atoms. The van der Waals surface area contributed by atoms with E-state index in [-0.39, 0.29) is 49.4 Å². The Bertz CT molecular complexity index is 1280. The molecule has 3 heterocycles. The minimum absolute atomic E-state index is 0.0780. The Balaban J connectivity index is 2.17. The van der Waals surface area contributed by atoms with Gasteiger partial charge in [-0.2, -0.15) is 0 Å². The average molecular weight is 820 g/mol. The summed E-state index contributed by atoms with van der Waals surface area (Å²) in [6.45, 7) is 24.1. The molecule has 18 atom stereocenters. The van der Waals surface area contributed by atoms with E-state index in [9.17, 15) is 30.3 Å². The standard InChI is InChI=1S/C42H81N3O12/c1-17-30-41(13,50)34(47)27(6)43-21-23(2)19-39(11,49)35(57-37-32(46)29(45(14)15)18-24(3)53-37)25(4)33(26(5)36(48)55-30)56-31-20-40(12,52-16)42(51,28(7)54-31)22-44-38(8,9)10/h23-35,37,43-44,46-47,49-51H,17-22H2,1-16H3/t23-,24-,25+,26-,27-,28+,29+,30-,31+,32-,33+,34-,35-,37+,39+,40-,41-,42-/m1/s1. The summed E-state index contributed by atoms with van der Waals surface area (Å²) in [6, 6.07) is -0.884. The molecule has 57 heavy (non-hydrogen) atoms. The molecule has 3 aliphatic rings. The zero-order valence-electron chi connectivity index (χ0n) is 37.9. The summed E-state index contributed by atoms with van der Waals surface area (Å²) in [7, 11) is 5.30. The van der Waals surface area contributed by atoms with Crippen molar-refractivity contribution in [2.45, 2.75) is 211 Å². The zero-order valence-corrected chi connectivity index (χ0v) is 37.9. The third-order valence-electron chi connectivity index (χ3n) is 13.1. The molecule has 3 saturated heterocycles. The number of aliphatic hydroxyl groups is 5. The number of β-amino-alcohol motifs (C(OH)–C–C–N with tert-alkyl or cyclic N) is 1. The van der Waals surface area contributed by atoms with Crippen LogP contribution in [0.2, 0.25) is 0 Å². The van der Waals surface area contributed by atoms with E-state index in [1.54, 1.807) is 41.5 Å². The van der Waals surface area contributed by atoms with Crippen LogP contribution < -0.4 is 10.6 Å². The number of carbonyl (C=O) groups excluding carboxylic acids is 1. The van der Waals surface area contributed by atoms with Gasteiger partial charge >= 0.3 is 5.97 Å². The van der Waals surface area contributed by atoms with Gasteiger partial charge in [0, 0.05) is 43.6 Å². The Morgan fingerprint density at radius 2 is 1.58 bits per heavy atom. The second-order valence-corrected chi connectivity index (χ2v) is 19.6. The topological polar surface area (TPSA) is 201 Å². The van der Waals surface area contributed by atoms with Crippen molar-refractivity contribution in [2.24, 2.45) is 17.8 Å². The molecule has 0 aromatic heterocycles. The molecule has 0 bridgehead atoms. The van der Waals surface area contributed by atoms with Crippen molar-refractivity contribution < 1.29 is 58.7 Å². The monoisotopic (exact) mass is 820 g/mol. The smallest absolute Gasteiger partial charge is 0.311 e. The number of ether oxygens (including phenoxy) is 6. The third-order valence-corrected chi connectivity index (χ3v) is 13.1. The van der Waals surface area contributed by atoms with Crippen LogP contribution in [-0.2, 0) is 33.2 Å². The van der Waals surface area contributed by atoms with Crippen LogP contribution in [0.15, 0.2) is 0 Å². The van der Waals surface area contributed by atoms with E-state index in [0.717, 1.165) is 0 Å². The maximum atomic E-state index is 14.4. The minimum atomic E-state index is -1.82. The highest BCUT2D eigenvalue weighted by Gasteiger charge is 2.58. The second kappa shape index (κ2) is 19.3. The molecule has 336 valence electrons. The molecular formula is C42H81N3O12. The van der Waals surface area contributed by atoms with Crippen LogP contribution >= 0.6 is 0 Å². The quantitative estimate of drug-likeness (QED) is 0.167. The van der Waals surface area contributed by atoms with E-state index in [1.807, 2.05) is 60.5 Å². The fraction of sp³-hybridized carbons (Fsp3) is 0.976. The Kier molecular flexibility index (Phi) is 17.1. The number of rotatable bonds is 9. The molecule has 7 N–H and O–H groups in total. The fourth-order valence-electron chi connectivity index (χ4n) is 9.15. The van der Waals surface area contributed by atoms with Gasteiger partial charge in [-0.25, -0.2) is 0 Å². The highest BCUT2D eigenvalue weighted by atomic mass is 16.7. The van der Waals surface area contributed by atoms with Crippen molar-refractivity contribution in [3.63, 3.8) is 0 Å². The number of cyclic esters (lactones) is 1. The van der Waals surface area contributed by atoms with Crippen LogP contribution in [0.1, 0.15) is 116 Å². The molecule has 0 aromatic rings. The number of hydrogen-bond acceptors (Lipinski definition) is 15. The van der Waals surface area contributed by atoms with Gasteiger partial charge in [-0.15, -0.1) is 0 Å². The fourth-order valence-corrected chi connectivity index (χ4v) is 9.15. The molecule has 0 unspecified atom stereocenters. The number of aliphatic hydroxyl groups excluding tert-OH is 2. The van der Waals surface area contributed by atoms with Gasteiger partial charge in [-0.1, -0.05) is 20.8 Å². The average Bonchev–Trinajstić information content (AvgIpc) is 3.11. The number of nitrogens with zero attached hydrogens (tertiary/aromatic N) is 1. The molecule has 0 aliphatic carbocycles. The lowest BCUT2D eigenvalue weighted by Crippen LogP contribution is -2.71. The maximum absolute atomic E-state index is 14.4. The Hall–Kier alpha value is -1.05. The zero-order chi connectivity index (χ0) is 43.6. The van der Waals surface area contributed by atoms with Crippen LogP contribution in [-0.4, -0.2) is 166 Å². The third kappa shape index (κ3) is 11.7. The molecule has 15 nitrogen and oxygen atoms in total. The summed E-state index contributed by atoms with van der Waals surface area (Å²) in [5.41, 5.74) is -6.34. The molecule has 0 amide bonds. The summed E-state index contributed by atoms with van der Waals surface area (Å²) >= 11 is 0. The van der Waals surface area contributed by atoms with Crippen LogP contribution in [0, 0.1) is 17.8 Å². The van der Waals surface area contributed by atoms with Gasteiger partial charge in [0.15, 0.2) is 12.6 Å². The van der Waals surface area contributed by atoms with Gasteiger partial charge in [0.25, 0.3) is 0 Å². The summed E-state index contributed by atoms with van der Waals surface area (Å²) in [5, 5.41) is 66.1. The van der Waals surface area contributed by atoms with Crippen molar-refractivity contribution >= 4 is 5.97 Å². The molecule has 0 radical (unpaired) electrons. The van der Waals surface area contributed by atoms with E-state index in [2.05, 4.69) is 10.6 Å². The number of carbonyl (C=O) groups is 1. The van der Waals surface area contributed by atoms with Crippen molar-refractivity contribution in [2.75, 3.05) is 34.3 Å². The largest absolute Gasteiger partial charge is 0.459 e. The number of methoxy groups -OCH3 is 1. The van der Waals surface area contributed by atoms with Gasteiger partial charge in [0.1, 0.15) is 35.1 Å². The number of likely N-dealkylation sites (N-methyl/N-ethyl adjacent to an activating group) is 1. The molecular weight excluding hydrogens is 738 g/mol. The molecule has 3 aliphatic heterocycles. The Labute approximate surface area is 342 Å². The lowest BCUT2D eigenvalue weighted by molar-refractivity contribution is -0.336. The van der Waals surface area contributed by atoms with Gasteiger partial charge in [0.2, 0.25) is 0 Å². The second-order valence-electron chi connectivity index (χ2n) is 19.6. The highest BCUT2D eigenvalue weighted by Crippen LogP contribution is 2.43. The van der Waals surface area contributed by atoms with Gasteiger partial charge in [0.05, 0.1) is 35.9 Å². The van der Waals surface area contributed by atoms with E-state index in [1.165, 1.54) is 14.0 Å². The van der Waals surface area contributed by atoms with E-state index >= 15 is 0 Å². The normalized spacial score (nSPS) is 47.6. The number of esters is 1. The summed E-state index contributed by atoms with van der Waals surface area (Å²) in [5.74, 6) is -2.69. The molecule has 15 heteroatoms. The first-order valence-corrected chi connectivity index (χ1v) is 21.1. The van der Waals surface area contributed by atoms with Crippen LogP contribution in [0.25, 0.3) is 0 Å². The van der Waals surface area contributed by atoms with Gasteiger partial charge in [-0.3, -0.25) is 4.79 Å². The van der Waals surface area contributed by atoms with E-state index in [0.29, 0.717) is 13.0 Å². The van der Waals surface area contributed by atoms with Gasteiger partial charge in [-0.05, 0) is 115 Å². The highest BCUT2D eigenvalue weighted by molar-refractivity contribution is 5.73. The maximum Gasteiger partial charge on any atom is 0.311 e. The first-order chi connectivity index (χ1) is 26.0. The first kappa shape index (κ1) is 50.3. The SMILES string of the molecule is CC[C@H]1OC(=O)[C@H](C)[C@@H](O[C@H]2C[C@@](C)(OC)[C@@](O)(CNC(C)(C)C)[C@H](C)O2)[C@H](C)[C@@H](O[C@@H]2O[C@H](C)C[C@H](N(C)C)[C@H]2O)[C@@](C)(O)C[C@@H](C)CN[C@H](C)[C@@H](O)[C@]1(C)O. The summed E-state index contributed by atoms with van der Waals surface area (Å²) in [4.78, 5) is 16.3. The summed E-state index contributed by atoms with van der Waals surface area (Å²) in [6.07, 6.45) is -7.69. The summed E-state index contributed by atoms with van der Waals surface area (Å²) < 4.78 is 38.4. The van der Waals surface area contributed by atoms with Crippen LogP contribution in [0.5, 0.6) is 0 Å². The molecule has 3 rings (SSSR count). The predicted molar refractivity (Wildman–Crippen MR) is 216 cm³/mol. The Morgan fingerprint density at radius 1 is 0.965 bits per heavy atom. The number of hydrogen-bond donors (Lipinski definition) is 7. The van der Waals surface area contributed by atoms with Crippen LogP contribution in [0.3, 0.4) is 0 Å². The van der Waals surface area contributed by atoms with E-state index in [4.69, 9.17) is 28.4 Å². The van der Waals surface area contributed by atoms with Gasteiger partial charge < -0.3 is 69.5 Å². The lowest BCUT2D eigenvalue weighted by Gasteiger charge is -2.54. The molecule has 0 saturated carbocycles.